The molecule has 1 rings (SSSR count). The van der Waals surface area contributed by atoms with E-state index in [-0.39, 0.29) is 0 Å². The molecule has 0 fully saturated rings. The predicted molar refractivity (Wildman–Crippen MR) is 70.6 cm³/mol. The number of anilines is 1. The number of halogens is 1. The molecule has 2 N–H and O–H groups in total. The average molecular weight is 245 g/mol. The number of hydrogen-bond donors (Lipinski definition) is 1. The molecule has 15 heavy (non-hydrogen) atoms. The van der Waals surface area contributed by atoms with Crippen molar-refractivity contribution in [2.45, 2.75) is 6.54 Å². The highest BCUT2D eigenvalue weighted by molar-refractivity contribution is 7.98. The van der Waals surface area contributed by atoms with Gasteiger partial charge in [0.05, 0.1) is 0 Å². The molecule has 4 heteroatoms. The summed E-state index contributed by atoms with van der Waals surface area (Å²) in [4.78, 5) is 2.25. The molecule has 84 valence electrons. The first-order chi connectivity index (χ1) is 7.13. The van der Waals surface area contributed by atoms with Gasteiger partial charge in [-0.05, 0) is 37.1 Å². The Labute approximate surface area is 101 Å². The van der Waals surface area contributed by atoms with E-state index in [0.29, 0.717) is 0 Å². The van der Waals surface area contributed by atoms with Crippen LogP contribution in [0.3, 0.4) is 0 Å². The minimum absolute atomic E-state index is 0.771. The van der Waals surface area contributed by atoms with E-state index in [9.17, 15) is 0 Å². The fraction of sp³-hybridized carbons (Fsp3) is 0.455. The number of rotatable bonds is 5. The van der Waals surface area contributed by atoms with Crippen LogP contribution in [0.1, 0.15) is 5.56 Å². The van der Waals surface area contributed by atoms with Crippen LogP contribution in [0.2, 0.25) is 5.02 Å². The zero-order valence-corrected chi connectivity index (χ0v) is 10.7. The van der Waals surface area contributed by atoms with Crippen LogP contribution in [0.4, 0.5) is 5.69 Å². The molecule has 0 atom stereocenters. The molecule has 0 heterocycles. The Morgan fingerprint density at radius 3 is 2.87 bits per heavy atom. The maximum atomic E-state index is 6.09. The van der Waals surface area contributed by atoms with Gasteiger partial charge in [-0.25, -0.2) is 0 Å². The van der Waals surface area contributed by atoms with Gasteiger partial charge >= 0.3 is 0 Å². The fourth-order valence-corrected chi connectivity index (χ4v) is 2.00. The van der Waals surface area contributed by atoms with Gasteiger partial charge in [0.25, 0.3) is 0 Å². The van der Waals surface area contributed by atoms with Crippen LogP contribution in [-0.2, 0) is 6.54 Å². The Bertz CT molecular complexity index is 317. The van der Waals surface area contributed by atoms with Gasteiger partial charge in [0, 0.05) is 29.6 Å². The molecule has 2 nitrogen and oxygen atoms in total. The fourth-order valence-electron chi connectivity index (χ4n) is 1.33. The molecule has 0 bridgehead atoms. The summed E-state index contributed by atoms with van der Waals surface area (Å²) < 4.78 is 0. The van der Waals surface area contributed by atoms with Gasteiger partial charge in [0.2, 0.25) is 0 Å². The van der Waals surface area contributed by atoms with Gasteiger partial charge < -0.3 is 10.6 Å². The van der Waals surface area contributed by atoms with Gasteiger partial charge in [-0.3, -0.25) is 0 Å². The number of hydrogen-bond acceptors (Lipinski definition) is 3. The summed E-state index contributed by atoms with van der Waals surface area (Å²) in [7, 11) is 2.09. The summed E-state index contributed by atoms with van der Waals surface area (Å²) in [5.74, 6) is 1.14. The van der Waals surface area contributed by atoms with Gasteiger partial charge in [-0.2, -0.15) is 11.8 Å². The highest BCUT2D eigenvalue weighted by Gasteiger charge is 2.04. The first-order valence-electron chi connectivity index (χ1n) is 4.85. The summed E-state index contributed by atoms with van der Waals surface area (Å²) in [5.41, 5.74) is 7.59. The van der Waals surface area contributed by atoms with E-state index in [0.717, 1.165) is 35.1 Å². The number of nitrogens with two attached hydrogens (primary N) is 1. The molecule has 0 saturated carbocycles. The molecule has 1 aromatic carbocycles. The molecular weight excluding hydrogens is 228 g/mol. The molecule has 0 aliphatic rings. The Kier molecular flexibility index (Phi) is 5.29. The molecule has 0 aliphatic heterocycles. The number of nitrogens with zero attached hydrogens (tertiary/aromatic N) is 1. The van der Waals surface area contributed by atoms with E-state index in [1.165, 1.54) is 0 Å². The first kappa shape index (κ1) is 12.7. The third kappa shape index (κ3) is 4.33. The Balaban J connectivity index is 2.59. The third-order valence-electron chi connectivity index (χ3n) is 2.19. The summed E-state index contributed by atoms with van der Waals surface area (Å²) >= 11 is 7.94. The molecule has 0 unspecified atom stereocenters. The Hall–Kier alpha value is -0.380. The maximum absolute atomic E-state index is 6.09. The second kappa shape index (κ2) is 6.26. The van der Waals surface area contributed by atoms with Gasteiger partial charge in [-0.1, -0.05) is 11.6 Å². The summed E-state index contributed by atoms with van der Waals surface area (Å²) in [6, 6.07) is 5.63. The molecule has 0 aliphatic carbocycles. The summed E-state index contributed by atoms with van der Waals surface area (Å²) in [5, 5.41) is 0.792. The van der Waals surface area contributed by atoms with Crippen molar-refractivity contribution in [3.8, 4) is 0 Å². The molecule has 0 amide bonds. The molecule has 0 saturated heterocycles. The monoisotopic (exact) mass is 244 g/mol. The lowest BCUT2D eigenvalue weighted by atomic mass is 10.2. The lowest BCUT2D eigenvalue weighted by Crippen LogP contribution is -2.20. The van der Waals surface area contributed by atoms with Crippen LogP contribution >= 0.6 is 23.4 Å². The lowest BCUT2D eigenvalue weighted by molar-refractivity contribution is 0.349. The number of benzene rings is 1. The van der Waals surface area contributed by atoms with Crippen molar-refractivity contribution in [1.82, 2.24) is 4.90 Å². The molecule has 0 aromatic heterocycles. The molecule has 1 aromatic rings. The summed E-state index contributed by atoms with van der Waals surface area (Å²) in [6.45, 7) is 1.91. The first-order valence-corrected chi connectivity index (χ1v) is 6.62. The average Bonchev–Trinajstić information content (AvgIpc) is 2.20. The van der Waals surface area contributed by atoms with E-state index >= 15 is 0 Å². The summed E-state index contributed by atoms with van der Waals surface area (Å²) in [6.07, 6.45) is 2.11. The van der Waals surface area contributed by atoms with Crippen molar-refractivity contribution in [3.05, 3.63) is 28.8 Å². The second-order valence-electron chi connectivity index (χ2n) is 3.58. The number of nitrogen functional groups attached to an aromatic ring is 1. The SMILES string of the molecule is CSCCN(C)Cc1cc(N)ccc1Cl. The van der Waals surface area contributed by atoms with Crippen molar-refractivity contribution in [2.75, 3.05) is 31.3 Å². The Morgan fingerprint density at radius 1 is 1.47 bits per heavy atom. The smallest absolute Gasteiger partial charge is 0.0452 e. The van der Waals surface area contributed by atoms with E-state index in [1.54, 1.807) is 0 Å². The zero-order valence-electron chi connectivity index (χ0n) is 9.16. The largest absolute Gasteiger partial charge is 0.399 e. The quantitative estimate of drug-likeness (QED) is 0.808. The van der Waals surface area contributed by atoms with Crippen LogP contribution in [-0.4, -0.2) is 30.5 Å². The normalized spacial score (nSPS) is 10.9. The molecule has 0 spiro atoms. The van der Waals surface area contributed by atoms with Gasteiger partial charge in [-0.15, -0.1) is 0 Å². The van der Waals surface area contributed by atoms with Crippen molar-refractivity contribution in [3.63, 3.8) is 0 Å². The predicted octanol–water partition coefficient (Wildman–Crippen LogP) is 2.72. The zero-order chi connectivity index (χ0) is 11.3. The van der Waals surface area contributed by atoms with E-state index in [2.05, 4.69) is 18.2 Å². The topological polar surface area (TPSA) is 29.3 Å². The standard InChI is InChI=1S/C11H17ClN2S/c1-14(5-6-15-2)8-9-7-10(13)3-4-11(9)12/h3-4,7H,5-6,8,13H2,1-2H3. The maximum Gasteiger partial charge on any atom is 0.0452 e. The van der Waals surface area contributed by atoms with Gasteiger partial charge in [0.15, 0.2) is 0 Å². The van der Waals surface area contributed by atoms with Crippen molar-refractivity contribution in [2.24, 2.45) is 0 Å². The minimum Gasteiger partial charge on any atom is -0.399 e. The third-order valence-corrected chi connectivity index (χ3v) is 3.15. The van der Waals surface area contributed by atoms with E-state index in [4.69, 9.17) is 17.3 Å². The second-order valence-corrected chi connectivity index (χ2v) is 4.97. The Morgan fingerprint density at radius 2 is 2.20 bits per heavy atom. The minimum atomic E-state index is 0.771. The van der Waals surface area contributed by atoms with Gasteiger partial charge in [0.1, 0.15) is 0 Å². The van der Waals surface area contributed by atoms with E-state index < -0.39 is 0 Å². The van der Waals surface area contributed by atoms with Crippen molar-refractivity contribution in [1.29, 1.82) is 0 Å². The number of thioether (sulfide) groups is 1. The molecular formula is C11H17ClN2S. The van der Waals surface area contributed by atoms with Crippen LogP contribution < -0.4 is 5.73 Å². The van der Waals surface area contributed by atoms with Crippen LogP contribution in [0, 0.1) is 0 Å². The van der Waals surface area contributed by atoms with Crippen LogP contribution in [0.15, 0.2) is 18.2 Å². The van der Waals surface area contributed by atoms with Crippen LogP contribution in [0.5, 0.6) is 0 Å². The van der Waals surface area contributed by atoms with Crippen molar-refractivity contribution < 1.29 is 0 Å². The highest BCUT2D eigenvalue weighted by atomic mass is 35.5. The highest BCUT2D eigenvalue weighted by Crippen LogP contribution is 2.20. The lowest BCUT2D eigenvalue weighted by Gasteiger charge is -2.17. The van der Waals surface area contributed by atoms with Crippen molar-refractivity contribution >= 4 is 29.1 Å². The molecule has 0 radical (unpaired) electrons. The van der Waals surface area contributed by atoms with Crippen LogP contribution in [0.25, 0.3) is 0 Å². The van der Waals surface area contributed by atoms with E-state index in [1.807, 2.05) is 30.0 Å².